The Morgan fingerprint density at radius 1 is 1.07 bits per heavy atom. The Hall–Kier alpha value is -4.50. The van der Waals surface area contributed by atoms with E-state index < -0.39 is 5.54 Å². The van der Waals surface area contributed by atoms with Gasteiger partial charge in [-0.25, -0.2) is 4.98 Å². The number of rotatable bonds is 7. The van der Waals surface area contributed by atoms with E-state index in [1.54, 1.807) is 14.2 Å². The number of fused-ring (bicyclic) bond motifs is 6. The number of H-pyrrole nitrogens is 1. The quantitative estimate of drug-likeness (QED) is 0.182. The molecular weight excluding hydrogens is 580 g/mol. The molecule has 0 radical (unpaired) electrons. The third-order valence-electron chi connectivity index (χ3n) is 10.5. The summed E-state index contributed by atoms with van der Waals surface area (Å²) in [6, 6.07) is 16.0. The lowest BCUT2D eigenvalue weighted by atomic mass is 9.76. The Balaban J connectivity index is 1.19. The van der Waals surface area contributed by atoms with Crippen LogP contribution < -0.4 is 19.5 Å². The standard InChI is InChI=1S/C37H40N4O5/c1-44-25-10-12-27-32(19-25)46-16-15-41-30-18-23(9-11-26(30)33(34(27)41)22-7-4-3-5-8-22)35(43)40-37(13-6-14-37)36-38-28-17-24(21-42)31(45-2)20-29(28)39-36/h9-12,17-20,22,42H,3-8,13-16,21H2,1-2H3,(H,38,39)(H,40,43). The number of nitrogens with zero attached hydrogens (tertiary/aromatic N) is 2. The first-order valence-electron chi connectivity index (χ1n) is 16.5. The fraction of sp³-hybridized carbons (Fsp3) is 0.405. The van der Waals surface area contributed by atoms with Gasteiger partial charge < -0.3 is 34.2 Å². The number of aliphatic hydroxyl groups excluding tert-OH is 1. The van der Waals surface area contributed by atoms with E-state index in [0.29, 0.717) is 35.9 Å². The summed E-state index contributed by atoms with van der Waals surface area (Å²) in [7, 11) is 3.27. The molecule has 5 aromatic rings. The van der Waals surface area contributed by atoms with Crippen molar-refractivity contribution in [2.75, 3.05) is 20.8 Å². The van der Waals surface area contributed by atoms with Crippen molar-refractivity contribution in [2.24, 2.45) is 0 Å². The molecule has 3 N–H and O–H groups in total. The molecule has 2 aliphatic carbocycles. The number of aromatic nitrogens is 3. The smallest absolute Gasteiger partial charge is 0.252 e. The predicted octanol–water partition coefficient (Wildman–Crippen LogP) is 6.94. The molecule has 1 amide bonds. The molecule has 0 saturated heterocycles. The highest BCUT2D eigenvalue weighted by Crippen LogP contribution is 2.48. The second-order valence-electron chi connectivity index (χ2n) is 13.0. The first-order chi connectivity index (χ1) is 22.5. The predicted molar refractivity (Wildman–Crippen MR) is 177 cm³/mol. The van der Waals surface area contributed by atoms with Crippen molar-refractivity contribution in [1.82, 2.24) is 19.9 Å². The first-order valence-corrected chi connectivity index (χ1v) is 16.5. The SMILES string of the molecule is COc1ccc2c(c1)OCCn1c-2c(C2CCCCC2)c2ccc(C(=O)NC3(c4nc5cc(OC)c(CO)cc5[nH]4)CCC3)cc21. The number of methoxy groups -OCH3 is 2. The van der Waals surface area contributed by atoms with Gasteiger partial charge >= 0.3 is 0 Å². The van der Waals surface area contributed by atoms with Gasteiger partial charge in [0, 0.05) is 39.7 Å². The summed E-state index contributed by atoms with van der Waals surface area (Å²) in [4.78, 5) is 22.4. The Kier molecular flexibility index (Phi) is 7.16. The lowest BCUT2D eigenvalue weighted by Crippen LogP contribution is -2.51. The van der Waals surface area contributed by atoms with E-state index in [9.17, 15) is 9.90 Å². The van der Waals surface area contributed by atoms with E-state index in [-0.39, 0.29) is 12.5 Å². The van der Waals surface area contributed by atoms with Gasteiger partial charge in [0.05, 0.1) is 49.6 Å². The molecule has 9 heteroatoms. The van der Waals surface area contributed by atoms with Crippen molar-refractivity contribution in [3.8, 4) is 28.5 Å². The highest BCUT2D eigenvalue weighted by molar-refractivity contribution is 6.01. The number of benzene rings is 3. The van der Waals surface area contributed by atoms with Gasteiger partial charge in [-0.15, -0.1) is 0 Å². The number of hydrogen-bond acceptors (Lipinski definition) is 6. The number of carbonyl (C=O) groups is 1. The van der Waals surface area contributed by atoms with Crippen molar-refractivity contribution in [1.29, 1.82) is 0 Å². The van der Waals surface area contributed by atoms with Gasteiger partial charge in [-0.05, 0) is 73.9 Å². The van der Waals surface area contributed by atoms with Crippen molar-refractivity contribution >= 4 is 27.8 Å². The first kappa shape index (κ1) is 28.9. The van der Waals surface area contributed by atoms with Crippen LogP contribution in [0.3, 0.4) is 0 Å². The van der Waals surface area contributed by atoms with Crippen molar-refractivity contribution in [2.45, 2.75) is 76.0 Å². The lowest BCUT2D eigenvalue weighted by Gasteiger charge is -2.40. The molecule has 1 aliphatic heterocycles. The number of nitrogens with one attached hydrogen (secondary N) is 2. The molecule has 46 heavy (non-hydrogen) atoms. The maximum absolute atomic E-state index is 14.0. The second kappa shape index (κ2) is 11.4. The summed E-state index contributed by atoms with van der Waals surface area (Å²) in [6.07, 6.45) is 8.71. The molecular formula is C37H40N4O5. The zero-order valence-electron chi connectivity index (χ0n) is 26.4. The zero-order chi connectivity index (χ0) is 31.4. The monoisotopic (exact) mass is 620 g/mol. The Morgan fingerprint density at radius 2 is 1.91 bits per heavy atom. The average Bonchev–Trinajstić information content (AvgIpc) is 3.58. The molecule has 3 aromatic carbocycles. The highest BCUT2D eigenvalue weighted by atomic mass is 16.5. The van der Waals surface area contributed by atoms with Crippen molar-refractivity contribution < 1.29 is 24.1 Å². The number of hydrogen-bond donors (Lipinski definition) is 3. The normalized spacial score (nSPS) is 17.5. The summed E-state index contributed by atoms with van der Waals surface area (Å²) >= 11 is 0. The van der Waals surface area contributed by atoms with Crippen molar-refractivity contribution in [3.05, 3.63) is 71.0 Å². The number of ether oxygens (including phenoxy) is 3. The number of aliphatic hydroxyl groups is 1. The van der Waals surface area contributed by atoms with Crippen LogP contribution in [0.4, 0.5) is 0 Å². The number of imidazole rings is 1. The zero-order valence-corrected chi connectivity index (χ0v) is 26.4. The van der Waals surface area contributed by atoms with Gasteiger partial charge in [-0.3, -0.25) is 4.79 Å². The average molecular weight is 621 g/mol. The van der Waals surface area contributed by atoms with Gasteiger partial charge in [0.25, 0.3) is 5.91 Å². The molecule has 2 saturated carbocycles. The molecule has 3 heterocycles. The van der Waals surface area contributed by atoms with Gasteiger partial charge in [-0.1, -0.05) is 25.3 Å². The Labute approximate surface area is 267 Å². The van der Waals surface area contributed by atoms with Crippen LogP contribution in [0.5, 0.6) is 17.2 Å². The minimum atomic E-state index is -0.577. The van der Waals surface area contributed by atoms with Gasteiger partial charge in [-0.2, -0.15) is 0 Å². The molecule has 0 unspecified atom stereocenters. The summed E-state index contributed by atoms with van der Waals surface area (Å²) in [5.74, 6) is 3.32. The summed E-state index contributed by atoms with van der Waals surface area (Å²) in [6.45, 7) is 1.11. The van der Waals surface area contributed by atoms with E-state index in [1.165, 1.54) is 48.7 Å². The highest BCUT2D eigenvalue weighted by Gasteiger charge is 2.43. The van der Waals surface area contributed by atoms with Gasteiger partial charge in [0.15, 0.2) is 0 Å². The maximum Gasteiger partial charge on any atom is 0.252 e. The summed E-state index contributed by atoms with van der Waals surface area (Å²) < 4.78 is 19.6. The van der Waals surface area contributed by atoms with Gasteiger partial charge in [0.2, 0.25) is 0 Å². The molecule has 238 valence electrons. The molecule has 0 atom stereocenters. The number of carbonyl (C=O) groups excluding carboxylic acids is 1. The van der Waals surface area contributed by atoms with Crippen LogP contribution in [0.1, 0.15) is 84.6 Å². The van der Waals surface area contributed by atoms with E-state index >= 15 is 0 Å². The third-order valence-corrected chi connectivity index (χ3v) is 10.5. The topological polar surface area (TPSA) is 111 Å². The Bertz CT molecular complexity index is 1920. The molecule has 3 aliphatic rings. The third kappa shape index (κ3) is 4.63. The van der Waals surface area contributed by atoms with Crippen LogP contribution in [-0.2, 0) is 18.7 Å². The molecule has 2 fully saturated rings. The summed E-state index contributed by atoms with van der Waals surface area (Å²) in [5, 5.41) is 14.4. The fourth-order valence-electron chi connectivity index (χ4n) is 7.90. The largest absolute Gasteiger partial charge is 0.497 e. The lowest BCUT2D eigenvalue weighted by molar-refractivity contribution is 0.0811. The fourth-order valence-corrected chi connectivity index (χ4v) is 7.90. The summed E-state index contributed by atoms with van der Waals surface area (Å²) in [5.41, 5.74) is 7.06. The maximum atomic E-state index is 14.0. The molecule has 0 spiro atoms. The Morgan fingerprint density at radius 3 is 2.65 bits per heavy atom. The van der Waals surface area contributed by atoms with E-state index in [4.69, 9.17) is 19.2 Å². The van der Waals surface area contributed by atoms with Crippen LogP contribution in [0.25, 0.3) is 33.2 Å². The van der Waals surface area contributed by atoms with Crippen LogP contribution in [0.15, 0.2) is 48.5 Å². The number of amides is 1. The van der Waals surface area contributed by atoms with Gasteiger partial charge in [0.1, 0.15) is 29.7 Å². The second-order valence-corrected chi connectivity index (χ2v) is 13.0. The van der Waals surface area contributed by atoms with Crippen molar-refractivity contribution in [3.63, 3.8) is 0 Å². The van der Waals surface area contributed by atoms with Crippen LogP contribution >= 0.6 is 0 Å². The van der Waals surface area contributed by atoms with E-state index in [0.717, 1.165) is 58.7 Å². The minimum Gasteiger partial charge on any atom is -0.497 e. The number of aromatic amines is 1. The van der Waals surface area contributed by atoms with E-state index in [1.807, 2.05) is 30.3 Å². The van der Waals surface area contributed by atoms with Crippen LogP contribution in [0, 0.1) is 0 Å². The molecule has 9 nitrogen and oxygen atoms in total. The molecule has 2 aromatic heterocycles. The van der Waals surface area contributed by atoms with E-state index in [2.05, 4.69) is 33.1 Å². The minimum absolute atomic E-state index is 0.111. The molecule has 0 bridgehead atoms. The molecule has 8 rings (SSSR count). The van der Waals surface area contributed by atoms with Crippen LogP contribution in [-0.4, -0.2) is 46.4 Å². The van der Waals surface area contributed by atoms with Crippen LogP contribution in [0.2, 0.25) is 0 Å².